The van der Waals surface area contributed by atoms with Crippen molar-refractivity contribution in [1.29, 1.82) is 0 Å². The Morgan fingerprint density at radius 3 is 2.47 bits per heavy atom. The van der Waals surface area contributed by atoms with Crippen LogP contribution in [-0.4, -0.2) is 42.1 Å². The van der Waals surface area contributed by atoms with Gasteiger partial charge in [-0.25, -0.2) is 4.79 Å². The maximum atomic E-state index is 13.0. The van der Waals surface area contributed by atoms with Crippen LogP contribution in [0, 0.1) is 0 Å². The molecule has 2 aliphatic rings. The molecule has 2 aromatic carbocycles. The van der Waals surface area contributed by atoms with Gasteiger partial charge in [0.25, 0.3) is 0 Å². The summed E-state index contributed by atoms with van der Waals surface area (Å²) >= 11 is 0. The van der Waals surface area contributed by atoms with E-state index in [1.165, 1.54) is 5.56 Å². The van der Waals surface area contributed by atoms with E-state index in [0.717, 1.165) is 42.1 Å². The molecule has 1 saturated heterocycles. The Kier molecular flexibility index (Phi) is 4.51. The Morgan fingerprint density at radius 1 is 0.967 bits per heavy atom. The lowest BCUT2D eigenvalue weighted by Crippen LogP contribution is -2.54. The van der Waals surface area contributed by atoms with Gasteiger partial charge in [-0.1, -0.05) is 42.5 Å². The van der Waals surface area contributed by atoms with Gasteiger partial charge in [0.15, 0.2) is 0 Å². The lowest BCUT2D eigenvalue weighted by Gasteiger charge is -2.48. The maximum Gasteiger partial charge on any atom is 0.322 e. The number of urea groups is 1. The molecule has 1 N–H and O–H groups in total. The van der Waals surface area contributed by atoms with Crippen molar-refractivity contribution in [3.63, 3.8) is 0 Å². The number of nitrogens with one attached hydrogen (secondary N) is 1. The zero-order valence-corrected chi connectivity index (χ0v) is 17.6. The van der Waals surface area contributed by atoms with Crippen LogP contribution in [0.3, 0.4) is 0 Å². The van der Waals surface area contributed by atoms with E-state index < -0.39 is 0 Å². The van der Waals surface area contributed by atoms with Crippen LogP contribution in [0.2, 0.25) is 0 Å². The molecule has 1 aliphatic heterocycles. The maximum absolute atomic E-state index is 13.0. The summed E-state index contributed by atoms with van der Waals surface area (Å²) in [5.41, 5.74) is 2.19. The molecule has 154 valence electrons. The van der Waals surface area contributed by atoms with Crippen LogP contribution in [-0.2, 0) is 5.54 Å². The van der Waals surface area contributed by atoms with Gasteiger partial charge in [-0.15, -0.1) is 0 Å². The number of rotatable bonds is 3. The third-order valence-corrected chi connectivity index (χ3v) is 7.23. The van der Waals surface area contributed by atoms with Gasteiger partial charge >= 0.3 is 6.03 Å². The van der Waals surface area contributed by atoms with Crippen LogP contribution in [0.1, 0.15) is 31.2 Å². The SMILES string of the molecule is CN(C)[C@]1(c2ccccc2)CC[C@]2(CC1)CN(c1cccc3cnccc13)C(=O)N2. The first-order valence-electron chi connectivity index (χ1n) is 10.7. The van der Waals surface area contributed by atoms with Crippen molar-refractivity contribution in [3.05, 3.63) is 72.6 Å². The largest absolute Gasteiger partial charge is 0.330 e. The van der Waals surface area contributed by atoms with Crippen molar-refractivity contribution in [1.82, 2.24) is 15.2 Å². The van der Waals surface area contributed by atoms with Crippen molar-refractivity contribution in [2.75, 3.05) is 25.5 Å². The minimum absolute atomic E-state index is 0.0105. The standard InChI is InChI=1S/C25H28N4O/c1-28(2)25(20-8-4-3-5-9-20)14-12-24(13-15-25)18-29(23(30)27-24)22-10-6-7-19-17-26-16-11-21(19)22/h3-11,16-17H,12-15,18H2,1-2H3,(H,27,30)/t24-,25+. The van der Waals surface area contributed by atoms with Crippen molar-refractivity contribution < 1.29 is 4.79 Å². The number of benzene rings is 2. The molecule has 5 rings (SSSR count). The monoisotopic (exact) mass is 400 g/mol. The molecular formula is C25H28N4O. The molecule has 3 aromatic rings. The van der Waals surface area contributed by atoms with Crippen LogP contribution >= 0.6 is 0 Å². The van der Waals surface area contributed by atoms with E-state index in [0.29, 0.717) is 6.54 Å². The molecule has 2 heterocycles. The highest BCUT2D eigenvalue weighted by Gasteiger charge is 2.50. The fourth-order valence-corrected chi connectivity index (χ4v) is 5.41. The number of anilines is 1. The van der Waals surface area contributed by atoms with Crippen LogP contribution in [0.5, 0.6) is 0 Å². The van der Waals surface area contributed by atoms with Gasteiger partial charge in [0, 0.05) is 28.7 Å². The number of aromatic nitrogens is 1. The van der Waals surface area contributed by atoms with E-state index in [1.807, 2.05) is 35.4 Å². The lowest BCUT2D eigenvalue weighted by molar-refractivity contribution is 0.0658. The summed E-state index contributed by atoms with van der Waals surface area (Å²) in [6, 6.07) is 18.9. The molecule has 0 atom stereocenters. The summed E-state index contributed by atoms with van der Waals surface area (Å²) in [7, 11) is 4.35. The van der Waals surface area contributed by atoms with E-state index in [1.54, 1.807) is 6.20 Å². The normalized spacial score (nSPS) is 26.5. The number of hydrogen-bond donors (Lipinski definition) is 1. The predicted octanol–water partition coefficient (Wildman–Crippen LogP) is 4.53. The van der Waals surface area contributed by atoms with Gasteiger partial charge < -0.3 is 5.32 Å². The summed E-state index contributed by atoms with van der Waals surface area (Å²) < 4.78 is 0. The molecule has 2 amide bonds. The van der Waals surface area contributed by atoms with Crippen molar-refractivity contribution >= 4 is 22.5 Å². The predicted molar refractivity (Wildman–Crippen MR) is 121 cm³/mol. The highest BCUT2D eigenvalue weighted by molar-refractivity contribution is 6.04. The van der Waals surface area contributed by atoms with Crippen LogP contribution in [0.4, 0.5) is 10.5 Å². The van der Waals surface area contributed by atoms with Crippen molar-refractivity contribution in [3.8, 4) is 0 Å². The van der Waals surface area contributed by atoms with E-state index in [-0.39, 0.29) is 17.1 Å². The van der Waals surface area contributed by atoms with Gasteiger partial charge in [0.1, 0.15) is 0 Å². The van der Waals surface area contributed by atoms with E-state index >= 15 is 0 Å². The van der Waals surface area contributed by atoms with Gasteiger partial charge in [0.05, 0.1) is 17.8 Å². The first kappa shape index (κ1) is 19.1. The quantitative estimate of drug-likeness (QED) is 0.702. The third-order valence-electron chi connectivity index (χ3n) is 7.23. The molecule has 0 unspecified atom stereocenters. The van der Waals surface area contributed by atoms with Crippen LogP contribution in [0.25, 0.3) is 10.8 Å². The Bertz CT molecular complexity index is 1070. The Morgan fingerprint density at radius 2 is 1.73 bits per heavy atom. The topological polar surface area (TPSA) is 48.5 Å². The molecular weight excluding hydrogens is 372 g/mol. The Labute approximate surface area is 177 Å². The summed E-state index contributed by atoms with van der Waals surface area (Å²) in [4.78, 5) is 21.6. The fraction of sp³-hybridized carbons (Fsp3) is 0.360. The molecule has 1 aliphatic carbocycles. The van der Waals surface area contributed by atoms with Gasteiger partial charge in [-0.05, 0) is 57.5 Å². The van der Waals surface area contributed by atoms with Crippen LogP contribution < -0.4 is 10.2 Å². The van der Waals surface area contributed by atoms with Crippen molar-refractivity contribution in [2.24, 2.45) is 0 Å². The average molecular weight is 401 g/mol. The number of carbonyl (C=O) groups is 1. The number of hydrogen-bond acceptors (Lipinski definition) is 3. The molecule has 5 nitrogen and oxygen atoms in total. The Hall–Kier alpha value is -2.92. The highest BCUT2D eigenvalue weighted by Crippen LogP contribution is 2.46. The zero-order valence-electron chi connectivity index (χ0n) is 17.6. The fourth-order valence-electron chi connectivity index (χ4n) is 5.41. The van der Waals surface area contributed by atoms with Gasteiger partial charge in [0.2, 0.25) is 0 Å². The second-order valence-corrected chi connectivity index (χ2v) is 8.96. The number of nitrogens with zero attached hydrogens (tertiary/aromatic N) is 3. The van der Waals surface area contributed by atoms with E-state index in [2.05, 4.69) is 59.6 Å². The highest BCUT2D eigenvalue weighted by atomic mass is 16.2. The first-order valence-corrected chi connectivity index (χ1v) is 10.7. The van der Waals surface area contributed by atoms with Crippen LogP contribution in [0.15, 0.2) is 67.0 Å². The summed E-state index contributed by atoms with van der Waals surface area (Å²) in [5.74, 6) is 0. The second kappa shape index (κ2) is 7.10. The summed E-state index contributed by atoms with van der Waals surface area (Å²) in [6.45, 7) is 0.714. The minimum Gasteiger partial charge on any atom is -0.330 e. The number of pyridine rings is 1. The number of fused-ring (bicyclic) bond motifs is 1. The third kappa shape index (κ3) is 2.96. The number of carbonyl (C=O) groups excluding carboxylic acids is 1. The second-order valence-electron chi connectivity index (χ2n) is 8.96. The molecule has 30 heavy (non-hydrogen) atoms. The van der Waals surface area contributed by atoms with Crippen molar-refractivity contribution in [2.45, 2.75) is 36.8 Å². The molecule has 5 heteroatoms. The molecule has 2 fully saturated rings. The smallest absolute Gasteiger partial charge is 0.322 e. The molecule has 0 radical (unpaired) electrons. The molecule has 1 saturated carbocycles. The minimum atomic E-state index is -0.166. The number of amides is 2. The summed E-state index contributed by atoms with van der Waals surface area (Å²) in [5, 5.41) is 5.49. The van der Waals surface area contributed by atoms with E-state index in [9.17, 15) is 4.79 Å². The first-order chi connectivity index (χ1) is 14.5. The van der Waals surface area contributed by atoms with Gasteiger partial charge in [-0.2, -0.15) is 0 Å². The average Bonchev–Trinajstić information content (AvgIpc) is 3.10. The van der Waals surface area contributed by atoms with E-state index in [4.69, 9.17) is 0 Å². The zero-order chi connectivity index (χ0) is 20.8. The molecule has 1 aromatic heterocycles. The molecule has 1 spiro atoms. The summed E-state index contributed by atoms with van der Waals surface area (Å²) in [6.07, 6.45) is 7.63. The Balaban J connectivity index is 1.42. The lowest BCUT2D eigenvalue weighted by atomic mass is 9.69. The van der Waals surface area contributed by atoms with Gasteiger partial charge in [-0.3, -0.25) is 14.8 Å². The molecule has 0 bridgehead atoms.